The fourth-order valence-corrected chi connectivity index (χ4v) is 3.85. The molecule has 0 amide bonds. The molecule has 25 heavy (non-hydrogen) atoms. The van der Waals surface area contributed by atoms with Crippen molar-refractivity contribution in [1.82, 2.24) is 9.55 Å². The lowest BCUT2D eigenvalue weighted by atomic mass is 9.84. The van der Waals surface area contributed by atoms with E-state index < -0.39 is 11.4 Å². The lowest BCUT2D eigenvalue weighted by Crippen LogP contribution is -2.42. The Balaban J connectivity index is 2.08. The molecule has 2 atom stereocenters. The highest BCUT2D eigenvalue weighted by Crippen LogP contribution is 2.42. The molecule has 1 aliphatic rings. The molecule has 0 radical (unpaired) electrons. The van der Waals surface area contributed by atoms with Gasteiger partial charge in [-0.3, -0.25) is 0 Å². The molecule has 0 spiro atoms. The minimum atomic E-state index is -1.37. The number of ether oxygens (including phenoxy) is 1. The Morgan fingerprint density at radius 3 is 2.72 bits per heavy atom. The van der Waals surface area contributed by atoms with Gasteiger partial charge in [0.25, 0.3) is 0 Å². The van der Waals surface area contributed by atoms with E-state index >= 15 is 0 Å². The minimum absolute atomic E-state index is 0.0226. The van der Waals surface area contributed by atoms with Crippen LogP contribution >= 0.6 is 0 Å². The topological polar surface area (TPSA) is 50.8 Å². The van der Waals surface area contributed by atoms with E-state index in [4.69, 9.17) is 4.74 Å². The Bertz CT molecular complexity index is 719. The highest BCUT2D eigenvalue weighted by Gasteiger charge is 2.46. The van der Waals surface area contributed by atoms with Crippen LogP contribution in [0.25, 0.3) is 0 Å². The van der Waals surface area contributed by atoms with Crippen molar-refractivity contribution in [3.63, 3.8) is 0 Å². The van der Waals surface area contributed by atoms with E-state index in [0.29, 0.717) is 12.0 Å². The summed E-state index contributed by atoms with van der Waals surface area (Å²) in [5, 5.41) is 10.2. The summed E-state index contributed by atoms with van der Waals surface area (Å²) in [4.78, 5) is 4.11. The molecule has 0 bridgehead atoms. The summed E-state index contributed by atoms with van der Waals surface area (Å²) in [5.41, 5.74) is -1.06. The number of aromatic nitrogens is 2. The van der Waals surface area contributed by atoms with Gasteiger partial charge >= 0.3 is 0 Å². The second kappa shape index (κ2) is 7.79. The number of benzene rings is 1. The van der Waals surface area contributed by atoms with Gasteiger partial charge in [-0.15, -0.1) is 0 Å². The van der Waals surface area contributed by atoms with Gasteiger partial charge in [-0.25, -0.2) is 9.37 Å². The third-order valence-corrected chi connectivity index (χ3v) is 5.09. The number of imidazole rings is 1. The fraction of sp³-hybridized carbons (Fsp3) is 0.500. The van der Waals surface area contributed by atoms with Gasteiger partial charge in [-0.05, 0) is 25.3 Å². The third kappa shape index (κ3) is 3.45. The van der Waals surface area contributed by atoms with Crippen LogP contribution in [0, 0.1) is 17.1 Å². The molecule has 1 aliphatic carbocycles. The standard InChI is InChI=1S/C20H24FN3O/c1-2-19(24-13-12-23-15-24)20(14-22,17-10-6-7-11-18(17)21)25-16-8-4-3-5-9-16/h6-7,10-13,15-16,19H,2-5,8-9H2,1H3. The third-order valence-electron chi connectivity index (χ3n) is 5.09. The van der Waals surface area contributed by atoms with E-state index in [1.54, 1.807) is 30.7 Å². The van der Waals surface area contributed by atoms with Gasteiger partial charge in [0.15, 0.2) is 0 Å². The van der Waals surface area contributed by atoms with E-state index in [2.05, 4.69) is 11.1 Å². The van der Waals surface area contributed by atoms with Crippen molar-refractivity contribution < 1.29 is 9.13 Å². The number of nitrogens with zero attached hydrogens (tertiary/aromatic N) is 3. The van der Waals surface area contributed by atoms with Crippen molar-refractivity contribution >= 4 is 0 Å². The molecule has 1 fully saturated rings. The predicted molar refractivity (Wildman–Crippen MR) is 93.2 cm³/mol. The quantitative estimate of drug-likeness (QED) is 0.762. The average Bonchev–Trinajstić information content (AvgIpc) is 3.17. The highest BCUT2D eigenvalue weighted by molar-refractivity contribution is 5.33. The summed E-state index contributed by atoms with van der Waals surface area (Å²) in [6.45, 7) is 1.99. The van der Waals surface area contributed by atoms with Crippen LogP contribution in [0.3, 0.4) is 0 Å². The van der Waals surface area contributed by atoms with Crippen LogP contribution in [-0.4, -0.2) is 15.7 Å². The van der Waals surface area contributed by atoms with Crippen molar-refractivity contribution in [2.24, 2.45) is 0 Å². The summed E-state index contributed by atoms with van der Waals surface area (Å²) in [7, 11) is 0. The van der Waals surface area contributed by atoms with E-state index in [-0.39, 0.29) is 12.1 Å². The molecule has 1 aromatic carbocycles. The second-order valence-electron chi connectivity index (χ2n) is 6.64. The molecular weight excluding hydrogens is 317 g/mol. The SMILES string of the molecule is CCC(n1ccnc1)C(C#N)(OC1CCCCC1)c1ccccc1F. The lowest BCUT2D eigenvalue weighted by Gasteiger charge is -2.39. The molecule has 4 nitrogen and oxygen atoms in total. The fourth-order valence-electron chi connectivity index (χ4n) is 3.85. The molecule has 1 saturated carbocycles. The summed E-state index contributed by atoms with van der Waals surface area (Å²) < 4.78 is 23.0. The van der Waals surface area contributed by atoms with E-state index in [0.717, 1.165) is 25.7 Å². The molecule has 0 saturated heterocycles. The Labute approximate surface area is 148 Å². The number of rotatable bonds is 6. The molecule has 5 heteroatoms. The van der Waals surface area contributed by atoms with E-state index in [1.807, 2.05) is 17.7 Å². The molecule has 132 valence electrons. The van der Waals surface area contributed by atoms with Crippen molar-refractivity contribution in [3.05, 3.63) is 54.4 Å². The Morgan fingerprint density at radius 2 is 2.12 bits per heavy atom. The summed E-state index contributed by atoms with van der Waals surface area (Å²) in [5.74, 6) is -0.404. The zero-order valence-electron chi connectivity index (χ0n) is 14.6. The molecule has 0 N–H and O–H groups in total. The number of hydrogen-bond acceptors (Lipinski definition) is 3. The van der Waals surface area contributed by atoms with Gasteiger partial charge in [0, 0.05) is 18.0 Å². The number of hydrogen-bond donors (Lipinski definition) is 0. The van der Waals surface area contributed by atoms with Gasteiger partial charge in [0.2, 0.25) is 5.60 Å². The van der Waals surface area contributed by atoms with Gasteiger partial charge < -0.3 is 9.30 Å². The zero-order chi connectivity index (χ0) is 17.7. The van der Waals surface area contributed by atoms with Crippen molar-refractivity contribution in [2.75, 3.05) is 0 Å². The van der Waals surface area contributed by atoms with Crippen LogP contribution in [-0.2, 0) is 10.3 Å². The van der Waals surface area contributed by atoms with Gasteiger partial charge in [-0.1, -0.05) is 44.4 Å². The van der Waals surface area contributed by atoms with Gasteiger partial charge in [0.05, 0.1) is 18.5 Å². The van der Waals surface area contributed by atoms with Gasteiger partial charge in [-0.2, -0.15) is 5.26 Å². The maximum absolute atomic E-state index is 14.7. The van der Waals surface area contributed by atoms with Crippen LogP contribution in [0.5, 0.6) is 0 Å². The minimum Gasteiger partial charge on any atom is -0.350 e. The molecule has 1 heterocycles. The first-order chi connectivity index (χ1) is 12.2. The first-order valence-electron chi connectivity index (χ1n) is 9.02. The highest BCUT2D eigenvalue weighted by atomic mass is 19.1. The first-order valence-corrected chi connectivity index (χ1v) is 9.02. The Morgan fingerprint density at radius 1 is 1.36 bits per heavy atom. The van der Waals surface area contributed by atoms with Crippen molar-refractivity contribution in [3.8, 4) is 6.07 Å². The zero-order valence-corrected chi connectivity index (χ0v) is 14.6. The van der Waals surface area contributed by atoms with Crippen LogP contribution in [0.4, 0.5) is 4.39 Å². The second-order valence-corrected chi connectivity index (χ2v) is 6.64. The van der Waals surface area contributed by atoms with E-state index in [9.17, 15) is 9.65 Å². The monoisotopic (exact) mass is 341 g/mol. The smallest absolute Gasteiger partial charge is 0.203 e. The number of halogens is 1. The molecule has 2 unspecified atom stereocenters. The molecular formula is C20H24FN3O. The number of nitriles is 1. The summed E-state index contributed by atoms with van der Waals surface area (Å²) >= 11 is 0. The van der Waals surface area contributed by atoms with Crippen LogP contribution in [0.2, 0.25) is 0 Å². The van der Waals surface area contributed by atoms with Crippen LogP contribution in [0.15, 0.2) is 43.0 Å². The van der Waals surface area contributed by atoms with Crippen molar-refractivity contribution in [2.45, 2.75) is 63.2 Å². The first kappa shape index (κ1) is 17.6. The molecule has 1 aromatic heterocycles. The van der Waals surface area contributed by atoms with Crippen LogP contribution in [0.1, 0.15) is 57.1 Å². The molecule has 2 aromatic rings. The summed E-state index contributed by atoms with van der Waals surface area (Å²) in [6.07, 6.45) is 11.0. The molecule has 0 aliphatic heterocycles. The van der Waals surface area contributed by atoms with Crippen LogP contribution < -0.4 is 0 Å². The average molecular weight is 341 g/mol. The largest absolute Gasteiger partial charge is 0.350 e. The van der Waals surface area contributed by atoms with E-state index in [1.165, 1.54) is 12.5 Å². The van der Waals surface area contributed by atoms with Gasteiger partial charge in [0.1, 0.15) is 11.9 Å². The lowest BCUT2D eigenvalue weighted by molar-refractivity contribution is -0.107. The predicted octanol–water partition coefficient (Wildman–Crippen LogP) is 4.74. The Hall–Kier alpha value is -2.19. The molecule has 3 rings (SSSR count). The normalized spacial score (nSPS) is 19.1. The maximum atomic E-state index is 14.7. The maximum Gasteiger partial charge on any atom is 0.203 e. The Kier molecular flexibility index (Phi) is 5.50. The van der Waals surface area contributed by atoms with Crippen molar-refractivity contribution in [1.29, 1.82) is 5.26 Å². The summed E-state index contributed by atoms with van der Waals surface area (Å²) in [6, 6.07) is 8.46.